The number of carbonyl (C=O) groups excluding carboxylic acids is 1. The van der Waals surface area contributed by atoms with E-state index in [0.717, 1.165) is 33.2 Å². The van der Waals surface area contributed by atoms with Crippen LogP contribution in [0.15, 0.2) is 72.8 Å². The van der Waals surface area contributed by atoms with Gasteiger partial charge in [-0.15, -0.1) is 12.4 Å². The Hall–Kier alpha value is -3.56. The number of urea groups is 1. The molecular weight excluding hydrogens is 450 g/mol. The van der Waals surface area contributed by atoms with Crippen molar-refractivity contribution in [2.45, 2.75) is 0 Å². The summed E-state index contributed by atoms with van der Waals surface area (Å²) >= 11 is 0. The number of anilines is 3. The average Bonchev–Trinajstić information content (AvgIpc) is 2.74. The molecule has 0 fully saturated rings. The number of amides is 2. The van der Waals surface area contributed by atoms with E-state index < -0.39 is 16.1 Å². The molecule has 1 aromatic heterocycles. The smallest absolute Gasteiger partial charge is 0.312 e. The first-order valence-corrected chi connectivity index (χ1v) is 11.2. The summed E-state index contributed by atoms with van der Waals surface area (Å²) in [4.78, 5) is 15.4. The van der Waals surface area contributed by atoms with Crippen molar-refractivity contribution in [1.29, 1.82) is 0 Å². The van der Waals surface area contributed by atoms with Gasteiger partial charge in [0.1, 0.15) is 0 Å². The summed E-state index contributed by atoms with van der Waals surface area (Å²) in [7, 11) is -3.61. The number of nitrogens with one attached hydrogen (secondary N) is 3. The van der Waals surface area contributed by atoms with E-state index in [1.165, 1.54) is 0 Å². The lowest BCUT2D eigenvalue weighted by Crippen LogP contribution is -2.34. The van der Waals surface area contributed by atoms with Gasteiger partial charge in [0.25, 0.3) is 0 Å². The minimum Gasteiger partial charge on any atom is -0.354 e. The fourth-order valence-electron chi connectivity index (χ4n) is 3.28. The number of rotatable bonds is 7. The quantitative estimate of drug-likeness (QED) is 0.303. The number of hydrogen-bond donors (Lipinski definition) is 4. The van der Waals surface area contributed by atoms with Crippen molar-refractivity contribution >= 4 is 67.3 Å². The maximum Gasteiger partial charge on any atom is 0.312 e. The summed E-state index contributed by atoms with van der Waals surface area (Å²) in [5.41, 5.74) is 8.89. The van der Waals surface area contributed by atoms with E-state index in [-0.39, 0.29) is 24.7 Å². The average molecular weight is 472 g/mol. The van der Waals surface area contributed by atoms with Crippen LogP contribution in [0.1, 0.15) is 0 Å². The summed E-state index contributed by atoms with van der Waals surface area (Å²) in [6.07, 6.45) is 0. The van der Waals surface area contributed by atoms with Gasteiger partial charge in [-0.3, -0.25) is 4.72 Å². The molecule has 0 aliphatic carbocycles. The third-order valence-corrected chi connectivity index (χ3v) is 5.97. The van der Waals surface area contributed by atoms with Gasteiger partial charge >= 0.3 is 6.03 Å². The Balaban J connectivity index is 0.00000289. The van der Waals surface area contributed by atoms with Crippen LogP contribution in [0.5, 0.6) is 0 Å². The molecule has 0 atom stereocenters. The van der Waals surface area contributed by atoms with Gasteiger partial charge in [0.15, 0.2) is 0 Å². The Kier molecular flexibility index (Phi) is 7.01. The lowest BCUT2D eigenvalue weighted by Gasteiger charge is -2.14. The molecule has 1 heterocycles. The van der Waals surface area contributed by atoms with Gasteiger partial charge in [0, 0.05) is 28.7 Å². The maximum atomic E-state index is 12.1. The Morgan fingerprint density at radius 1 is 0.844 bits per heavy atom. The van der Waals surface area contributed by atoms with Crippen molar-refractivity contribution < 1.29 is 13.2 Å². The summed E-state index contributed by atoms with van der Waals surface area (Å²) in [6, 6.07) is 22.0. The molecule has 0 aliphatic heterocycles. The molecule has 8 nitrogen and oxygen atoms in total. The molecule has 4 rings (SSSR count). The fourth-order valence-corrected chi connectivity index (χ4v) is 4.25. The van der Waals surface area contributed by atoms with Crippen molar-refractivity contribution in [1.82, 2.24) is 10.3 Å². The Bertz CT molecular complexity index is 1310. The lowest BCUT2D eigenvalue weighted by molar-refractivity contribution is 0.249. The molecule has 0 aliphatic rings. The van der Waals surface area contributed by atoms with E-state index in [2.05, 4.69) is 15.4 Å². The van der Waals surface area contributed by atoms with Crippen LogP contribution in [0.4, 0.5) is 21.9 Å². The van der Waals surface area contributed by atoms with Crippen molar-refractivity contribution in [2.24, 2.45) is 5.73 Å². The number of sulfonamides is 1. The van der Waals surface area contributed by atoms with Crippen LogP contribution in [0, 0.1) is 0 Å². The van der Waals surface area contributed by atoms with Crippen LogP contribution in [-0.4, -0.2) is 31.7 Å². The van der Waals surface area contributed by atoms with E-state index in [9.17, 15) is 13.2 Å². The number of carbonyl (C=O) groups is 1. The van der Waals surface area contributed by atoms with Crippen molar-refractivity contribution in [3.63, 3.8) is 0 Å². The SMILES string of the molecule is Cl.NC(=O)NCCS(=O)(=O)Nc1ccc(Nc2c3ccccc3nc3ccccc23)cc1. The monoisotopic (exact) mass is 471 g/mol. The minimum atomic E-state index is -3.61. The zero-order chi connectivity index (χ0) is 21.8. The van der Waals surface area contributed by atoms with E-state index in [0.29, 0.717) is 5.69 Å². The number of primary amides is 1. The summed E-state index contributed by atoms with van der Waals surface area (Å²) < 4.78 is 26.7. The van der Waals surface area contributed by atoms with Gasteiger partial charge in [-0.2, -0.15) is 0 Å². The number of pyridine rings is 1. The summed E-state index contributed by atoms with van der Waals surface area (Å²) in [5, 5.41) is 7.69. The number of para-hydroxylation sites is 2. The topological polar surface area (TPSA) is 126 Å². The van der Waals surface area contributed by atoms with Crippen LogP contribution < -0.4 is 21.1 Å². The molecule has 0 saturated heterocycles. The van der Waals surface area contributed by atoms with Crippen LogP contribution in [0.2, 0.25) is 0 Å². The zero-order valence-corrected chi connectivity index (χ0v) is 18.5. The predicted octanol–water partition coefficient (Wildman–Crippen LogP) is 3.96. The molecule has 0 spiro atoms. The number of nitrogens with zero attached hydrogens (tertiary/aromatic N) is 1. The van der Waals surface area contributed by atoms with Crippen molar-refractivity contribution in [3.05, 3.63) is 72.8 Å². The van der Waals surface area contributed by atoms with Gasteiger partial charge in [-0.05, 0) is 36.4 Å². The molecule has 10 heteroatoms. The zero-order valence-electron chi connectivity index (χ0n) is 16.9. The molecule has 0 radical (unpaired) electrons. The van der Waals surface area contributed by atoms with Gasteiger partial charge in [-0.25, -0.2) is 18.2 Å². The molecule has 4 aromatic rings. The molecule has 3 aromatic carbocycles. The van der Waals surface area contributed by atoms with Crippen LogP contribution >= 0.6 is 12.4 Å². The Labute approximate surface area is 191 Å². The highest BCUT2D eigenvalue weighted by Crippen LogP contribution is 2.33. The predicted molar refractivity (Wildman–Crippen MR) is 131 cm³/mol. The molecule has 0 unspecified atom stereocenters. The number of aromatic nitrogens is 1. The van der Waals surface area contributed by atoms with E-state index >= 15 is 0 Å². The second kappa shape index (κ2) is 9.71. The van der Waals surface area contributed by atoms with Gasteiger partial charge in [0.2, 0.25) is 10.0 Å². The normalized spacial score (nSPS) is 11.0. The summed E-state index contributed by atoms with van der Waals surface area (Å²) in [6.45, 7) is -0.0630. The first-order chi connectivity index (χ1) is 14.9. The standard InChI is InChI=1S/C22H21N5O3S.ClH/c23-22(28)24-13-14-31(29,30)27-16-11-9-15(10-12-16)25-21-17-5-1-3-7-19(17)26-20-8-4-2-6-18(20)21;/h1-12,27H,13-14H2,(H,25,26)(H3,23,24,28);1H. The number of benzene rings is 3. The number of nitrogens with two attached hydrogens (primary N) is 1. The number of halogens is 1. The third-order valence-electron chi connectivity index (χ3n) is 4.69. The van der Waals surface area contributed by atoms with Crippen LogP contribution in [0.3, 0.4) is 0 Å². The van der Waals surface area contributed by atoms with Crippen molar-refractivity contribution in [3.8, 4) is 0 Å². The van der Waals surface area contributed by atoms with Gasteiger partial charge < -0.3 is 16.4 Å². The molecule has 0 saturated carbocycles. The first kappa shape index (κ1) is 23.1. The van der Waals surface area contributed by atoms with Crippen molar-refractivity contribution in [2.75, 3.05) is 22.3 Å². The van der Waals surface area contributed by atoms with Gasteiger partial charge in [-0.1, -0.05) is 36.4 Å². The van der Waals surface area contributed by atoms with E-state index in [1.54, 1.807) is 24.3 Å². The fraction of sp³-hybridized carbons (Fsp3) is 0.0909. The second-order valence-corrected chi connectivity index (χ2v) is 8.78. The highest BCUT2D eigenvalue weighted by molar-refractivity contribution is 7.92. The highest BCUT2D eigenvalue weighted by Gasteiger charge is 2.12. The Morgan fingerprint density at radius 3 is 1.94 bits per heavy atom. The highest BCUT2D eigenvalue weighted by atomic mass is 35.5. The molecule has 32 heavy (non-hydrogen) atoms. The van der Waals surface area contributed by atoms with Crippen LogP contribution in [0.25, 0.3) is 21.8 Å². The Morgan fingerprint density at radius 2 is 1.38 bits per heavy atom. The molecular formula is C22H22ClN5O3S. The maximum absolute atomic E-state index is 12.1. The number of hydrogen-bond acceptors (Lipinski definition) is 5. The second-order valence-electron chi connectivity index (χ2n) is 6.94. The van der Waals surface area contributed by atoms with Gasteiger partial charge in [0.05, 0.1) is 22.5 Å². The summed E-state index contributed by atoms with van der Waals surface area (Å²) in [5.74, 6) is -0.273. The molecule has 5 N–H and O–H groups in total. The van der Waals surface area contributed by atoms with Crippen LogP contribution in [-0.2, 0) is 10.0 Å². The minimum absolute atomic E-state index is 0. The molecule has 166 valence electrons. The molecule has 0 bridgehead atoms. The van der Waals surface area contributed by atoms with E-state index in [1.807, 2.05) is 48.5 Å². The first-order valence-electron chi connectivity index (χ1n) is 9.60. The lowest BCUT2D eigenvalue weighted by atomic mass is 10.1. The van der Waals surface area contributed by atoms with E-state index in [4.69, 9.17) is 10.7 Å². The third kappa shape index (κ3) is 5.37. The number of fused-ring (bicyclic) bond motifs is 2. The molecule has 2 amide bonds. The largest absolute Gasteiger partial charge is 0.354 e.